The van der Waals surface area contributed by atoms with Crippen molar-refractivity contribution in [2.75, 3.05) is 19.6 Å². The van der Waals surface area contributed by atoms with E-state index < -0.39 is 0 Å². The van der Waals surface area contributed by atoms with Crippen molar-refractivity contribution in [2.24, 2.45) is 0 Å². The van der Waals surface area contributed by atoms with Crippen molar-refractivity contribution in [3.63, 3.8) is 0 Å². The van der Waals surface area contributed by atoms with E-state index in [1.807, 2.05) is 40.0 Å². The van der Waals surface area contributed by atoms with Crippen LogP contribution < -0.4 is 5.32 Å². The van der Waals surface area contributed by atoms with Crippen LogP contribution in [-0.4, -0.2) is 51.5 Å². The minimum absolute atomic E-state index is 0.0141. The zero-order chi connectivity index (χ0) is 17.9. The molecule has 0 aliphatic carbocycles. The molecule has 2 aliphatic heterocycles. The summed E-state index contributed by atoms with van der Waals surface area (Å²) >= 11 is 6.30. The molecule has 7 heteroatoms. The molecule has 2 saturated heterocycles. The lowest BCUT2D eigenvalue weighted by molar-refractivity contribution is 0.0730. The van der Waals surface area contributed by atoms with Crippen LogP contribution in [0.5, 0.6) is 0 Å². The van der Waals surface area contributed by atoms with E-state index in [0.717, 1.165) is 62.3 Å². The molecule has 2 fully saturated rings. The Hall–Kier alpha value is -1.92. The van der Waals surface area contributed by atoms with Crippen LogP contribution in [0, 0.1) is 0 Å². The van der Waals surface area contributed by atoms with Crippen LogP contribution in [-0.2, 0) is 6.42 Å². The SMILES string of the molecule is O=C(c1cn(C2CCNCC2)nn1)N1CCCC1Cc1ccccc1Cl. The maximum Gasteiger partial charge on any atom is 0.276 e. The maximum atomic E-state index is 13.0. The number of amides is 1. The summed E-state index contributed by atoms with van der Waals surface area (Å²) in [5, 5.41) is 12.5. The number of hydrogen-bond donors (Lipinski definition) is 1. The highest BCUT2D eigenvalue weighted by Gasteiger charge is 2.31. The van der Waals surface area contributed by atoms with Crippen molar-refractivity contribution in [1.82, 2.24) is 25.2 Å². The molecule has 1 unspecified atom stereocenters. The van der Waals surface area contributed by atoms with Crippen LogP contribution in [0.3, 0.4) is 0 Å². The average Bonchev–Trinajstić information content (AvgIpc) is 3.33. The number of nitrogens with zero attached hydrogens (tertiary/aromatic N) is 4. The molecule has 2 aromatic rings. The molecule has 6 nitrogen and oxygen atoms in total. The minimum atomic E-state index is -0.0141. The summed E-state index contributed by atoms with van der Waals surface area (Å²) < 4.78 is 1.87. The number of aromatic nitrogens is 3. The summed E-state index contributed by atoms with van der Waals surface area (Å²) in [6, 6.07) is 8.38. The molecule has 1 amide bonds. The summed E-state index contributed by atoms with van der Waals surface area (Å²) in [6.45, 7) is 2.74. The molecular weight excluding hydrogens is 350 g/mol. The molecule has 138 valence electrons. The zero-order valence-corrected chi connectivity index (χ0v) is 15.5. The van der Waals surface area contributed by atoms with Gasteiger partial charge < -0.3 is 10.2 Å². The maximum absolute atomic E-state index is 13.0. The van der Waals surface area contributed by atoms with Gasteiger partial charge >= 0.3 is 0 Å². The number of nitrogens with one attached hydrogen (secondary N) is 1. The van der Waals surface area contributed by atoms with Crippen molar-refractivity contribution in [3.8, 4) is 0 Å². The number of carbonyl (C=O) groups excluding carboxylic acids is 1. The van der Waals surface area contributed by atoms with Gasteiger partial charge in [-0.3, -0.25) is 4.79 Å². The molecule has 1 atom stereocenters. The number of carbonyl (C=O) groups is 1. The van der Waals surface area contributed by atoms with Crippen LogP contribution in [0.4, 0.5) is 0 Å². The average molecular weight is 374 g/mol. The summed E-state index contributed by atoms with van der Waals surface area (Å²) in [5.41, 5.74) is 1.55. The first-order chi connectivity index (χ1) is 12.7. The van der Waals surface area contributed by atoms with Gasteiger partial charge in [0.05, 0.1) is 12.2 Å². The second-order valence-corrected chi connectivity index (χ2v) is 7.56. The molecule has 4 rings (SSSR count). The van der Waals surface area contributed by atoms with Crippen LogP contribution in [0.1, 0.15) is 47.8 Å². The summed E-state index contributed by atoms with van der Waals surface area (Å²) in [4.78, 5) is 14.9. The largest absolute Gasteiger partial charge is 0.334 e. The number of hydrogen-bond acceptors (Lipinski definition) is 4. The van der Waals surface area contributed by atoms with Crippen molar-refractivity contribution in [1.29, 1.82) is 0 Å². The predicted octanol–water partition coefficient (Wildman–Crippen LogP) is 2.70. The number of halogens is 1. The van der Waals surface area contributed by atoms with Gasteiger partial charge in [-0.25, -0.2) is 4.68 Å². The lowest BCUT2D eigenvalue weighted by Gasteiger charge is -2.24. The van der Waals surface area contributed by atoms with Crippen LogP contribution in [0.25, 0.3) is 0 Å². The number of rotatable bonds is 4. The lowest BCUT2D eigenvalue weighted by atomic mass is 10.0. The van der Waals surface area contributed by atoms with Crippen molar-refractivity contribution in [3.05, 3.63) is 46.7 Å². The Kier molecular flexibility index (Phi) is 5.22. The third-order valence-corrected chi connectivity index (χ3v) is 5.83. The van der Waals surface area contributed by atoms with Gasteiger partial charge in [0.2, 0.25) is 0 Å². The Balaban J connectivity index is 1.46. The Bertz CT molecular complexity index is 771. The van der Waals surface area contributed by atoms with Crippen molar-refractivity contribution in [2.45, 2.75) is 44.2 Å². The van der Waals surface area contributed by atoms with E-state index in [1.165, 1.54) is 0 Å². The van der Waals surface area contributed by atoms with Gasteiger partial charge in [0.15, 0.2) is 5.69 Å². The van der Waals surface area contributed by atoms with Gasteiger partial charge in [-0.1, -0.05) is 35.0 Å². The van der Waals surface area contributed by atoms with E-state index >= 15 is 0 Å². The summed E-state index contributed by atoms with van der Waals surface area (Å²) in [6.07, 6.45) is 6.67. The first-order valence-electron chi connectivity index (χ1n) is 9.39. The smallest absolute Gasteiger partial charge is 0.276 e. The highest BCUT2D eigenvalue weighted by atomic mass is 35.5. The van der Waals surface area contributed by atoms with E-state index in [1.54, 1.807) is 0 Å². The van der Waals surface area contributed by atoms with Gasteiger partial charge in [0.1, 0.15) is 0 Å². The monoisotopic (exact) mass is 373 g/mol. The fraction of sp³-hybridized carbons (Fsp3) is 0.526. The standard InChI is InChI=1S/C19H24ClN5O/c20-17-6-2-1-4-14(17)12-16-5-3-11-24(16)19(26)18-13-25(23-22-18)15-7-9-21-10-8-15/h1-2,4,6,13,15-16,21H,3,5,7-12H2. The predicted molar refractivity (Wildman–Crippen MR) is 100 cm³/mol. The van der Waals surface area contributed by atoms with E-state index in [2.05, 4.69) is 15.6 Å². The molecule has 3 heterocycles. The molecule has 1 aromatic carbocycles. The molecule has 0 spiro atoms. The number of piperidine rings is 1. The van der Waals surface area contributed by atoms with Gasteiger partial charge in [0, 0.05) is 17.6 Å². The van der Waals surface area contributed by atoms with Gasteiger partial charge in [-0.15, -0.1) is 5.10 Å². The Morgan fingerprint density at radius 2 is 2.04 bits per heavy atom. The first-order valence-corrected chi connectivity index (χ1v) is 9.77. The molecule has 1 aromatic heterocycles. The molecule has 0 radical (unpaired) electrons. The fourth-order valence-electron chi connectivity index (χ4n) is 4.00. The summed E-state index contributed by atoms with van der Waals surface area (Å²) in [7, 11) is 0. The van der Waals surface area contributed by atoms with Gasteiger partial charge in [-0.05, 0) is 56.8 Å². The van der Waals surface area contributed by atoms with Crippen LogP contribution in [0.15, 0.2) is 30.5 Å². The molecular formula is C19H24ClN5O. The lowest BCUT2D eigenvalue weighted by Crippen LogP contribution is -2.37. The molecule has 2 aliphatic rings. The highest BCUT2D eigenvalue weighted by Crippen LogP contribution is 2.26. The fourth-order valence-corrected chi connectivity index (χ4v) is 4.22. The normalized spacial score (nSPS) is 21.3. The van der Waals surface area contributed by atoms with Crippen LogP contribution in [0.2, 0.25) is 5.02 Å². The topological polar surface area (TPSA) is 63.1 Å². The van der Waals surface area contributed by atoms with Crippen LogP contribution >= 0.6 is 11.6 Å². The first kappa shape index (κ1) is 17.5. The van der Waals surface area contributed by atoms with Gasteiger partial charge in [0.25, 0.3) is 5.91 Å². The van der Waals surface area contributed by atoms with Crippen molar-refractivity contribution >= 4 is 17.5 Å². The molecule has 1 N–H and O–H groups in total. The Labute approximate surface area is 158 Å². The van der Waals surface area contributed by atoms with E-state index in [4.69, 9.17) is 11.6 Å². The highest BCUT2D eigenvalue weighted by molar-refractivity contribution is 6.31. The third-order valence-electron chi connectivity index (χ3n) is 5.46. The second kappa shape index (κ2) is 7.76. The second-order valence-electron chi connectivity index (χ2n) is 7.16. The van der Waals surface area contributed by atoms with E-state index in [9.17, 15) is 4.79 Å². The number of benzene rings is 1. The Morgan fingerprint density at radius 3 is 2.85 bits per heavy atom. The third kappa shape index (κ3) is 3.62. The molecule has 0 bridgehead atoms. The summed E-state index contributed by atoms with van der Waals surface area (Å²) in [5.74, 6) is -0.0141. The van der Waals surface area contributed by atoms with E-state index in [0.29, 0.717) is 11.7 Å². The van der Waals surface area contributed by atoms with Crippen molar-refractivity contribution < 1.29 is 4.79 Å². The zero-order valence-electron chi connectivity index (χ0n) is 14.8. The minimum Gasteiger partial charge on any atom is -0.334 e. The number of likely N-dealkylation sites (tertiary alicyclic amines) is 1. The quantitative estimate of drug-likeness (QED) is 0.895. The van der Waals surface area contributed by atoms with Gasteiger partial charge in [-0.2, -0.15) is 0 Å². The Morgan fingerprint density at radius 1 is 1.23 bits per heavy atom. The molecule has 26 heavy (non-hydrogen) atoms. The molecule has 0 saturated carbocycles. The van der Waals surface area contributed by atoms with E-state index in [-0.39, 0.29) is 11.9 Å².